The average molecular weight is 753 g/mol. The quantitative estimate of drug-likeness (QED) is 0.116. The number of benzene rings is 3. The summed E-state index contributed by atoms with van der Waals surface area (Å²) in [7, 11) is 0. The Morgan fingerprint density at radius 1 is 0.804 bits per heavy atom. The molecule has 0 bridgehead atoms. The minimum Gasteiger partial charge on any atom is -0.486 e. The normalized spacial score (nSPS) is 34.0. The topological polar surface area (TPSA) is 70.5 Å². The second-order valence-corrected chi connectivity index (χ2v) is 19.6. The minimum atomic E-state index is -0.122. The van der Waals surface area contributed by atoms with E-state index in [0.717, 1.165) is 65.4 Å². The lowest BCUT2D eigenvalue weighted by molar-refractivity contribution is -0.122. The molecule has 0 radical (unpaired) electrons. The van der Waals surface area contributed by atoms with Crippen LogP contribution in [0.15, 0.2) is 108 Å². The summed E-state index contributed by atoms with van der Waals surface area (Å²) in [5.41, 5.74) is 18.7. The van der Waals surface area contributed by atoms with E-state index in [9.17, 15) is 0 Å². The van der Waals surface area contributed by atoms with Crippen LogP contribution >= 0.6 is 0 Å². The SMILES string of the molecule is CC(C)=CCCCC(C)C1CCC2C3CCC4CC(C5=CC(Oc6cccc(N)c6)CC=C5)(c5cccc(Oc6cccc(N)c6)c5)CCC4(C)C3CCC12C. The Morgan fingerprint density at radius 3 is 2.29 bits per heavy atom. The number of nitrogen functional groups attached to an aromatic ring is 2. The van der Waals surface area contributed by atoms with Crippen LogP contribution in [0.2, 0.25) is 0 Å². The number of anilines is 2. The number of ether oxygens (including phenoxy) is 2. The van der Waals surface area contributed by atoms with Crippen molar-refractivity contribution in [2.75, 3.05) is 11.5 Å². The van der Waals surface area contributed by atoms with Crippen molar-refractivity contribution in [2.24, 2.45) is 46.3 Å². The number of fused-ring (bicyclic) bond motifs is 5. The Bertz CT molecular complexity index is 1960. The molecule has 298 valence electrons. The molecule has 4 nitrogen and oxygen atoms in total. The summed E-state index contributed by atoms with van der Waals surface area (Å²) in [6.07, 6.45) is 26.5. The molecule has 0 heterocycles. The van der Waals surface area contributed by atoms with Gasteiger partial charge in [0, 0.05) is 35.3 Å². The van der Waals surface area contributed by atoms with E-state index in [2.05, 4.69) is 83.2 Å². The molecule has 0 aromatic heterocycles. The molecule has 4 fully saturated rings. The van der Waals surface area contributed by atoms with Crippen LogP contribution in [0, 0.1) is 46.3 Å². The molecule has 10 atom stereocenters. The number of hydrogen-bond acceptors (Lipinski definition) is 4. The second-order valence-electron chi connectivity index (χ2n) is 19.6. The zero-order valence-corrected chi connectivity index (χ0v) is 34.9. The molecule has 0 amide bonds. The lowest BCUT2D eigenvalue weighted by Gasteiger charge is -2.63. The van der Waals surface area contributed by atoms with Crippen LogP contribution in [0.25, 0.3) is 0 Å². The van der Waals surface area contributed by atoms with E-state index >= 15 is 0 Å². The average Bonchev–Trinajstić information content (AvgIpc) is 3.54. The van der Waals surface area contributed by atoms with Gasteiger partial charge in [-0.2, -0.15) is 0 Å². The van der Waals surface area contributed by atoms with Gasteiger partial charge in [-0.15, -0.1) is 0 Å². The van der Waals surface area contributed by atoms with Crippen molar-refractivity contribution in [2.45, 2.75) is 130 Å². The van der Waals surface area contributed by atoms with Crippen molar-refractivity contribution < 1.29 is 9.47 Å². The van der Waals surface area contributed by atoms with E-state index in [1.54, 1.807) is 0 Å². The second kappa shape index (κ2) is 15.8. The predicted octanol–water partition coefficient (Wildman–Crippen LogP) is 13.6. The van der Waals surface area contributed by atoms with Crippen LogP contribution in [0.3, 0.4) is 0 Å². The van der Waals surface area contributed by atoms with Gasteiger partial charge in [0.25, 0.3) is 0 Å². The Morgan fingerprint density at radius 2 is 1.52 bits per heavy atom. The summed E-state index contributed by atoms with van der Waals surface area (Å²) in [6.45, 7) is 12.5. The van der Waals surface area contributed by atoms with Crippen molar-refractivity contribution in [3.63, 3.8) is 0 Å². The highest BCUT2D eigenvalue weighted by Crippen LogP contribution is 2.70. The molecule has 8 rings (SSSR count). The zero-order valence-electron chi connectivity index (χ0n) is 34.9. The minimum absolute atomic E-state index is 0.0367. The van der Waals surface area contributed by atoms with Crippen molar-refractivity contribution in [1.82, 2.24) is 0 Å². The van der Waals surface area contributed by atoms with Gasteiger partial charge in [-0.05, 0) is 184 Å². The van der Waals surface area contributed by atoms with E-state index in [4.69, 9.17) is 20.9 Å². The van der Waals surface area contributed by atoms with Gasteiger partial charge in [-0.1, -0.05) is 75.3 Å². The van der Waals surface area contributed by atoms with E-state index < -0.39 is 0 Å². The molecule has 10 unspecified atom stereocenters. The highest BCUT2D eigenvalue weighted by molar-refractivity contribution is 5.50. The fraction of sp³-hybridized carbons (Fsp3) is 0.538. The Balaban J connectivity index is 1.07. The first-order valence-corrected chi connectivity index (χ1v) is 22.2. The fourth-order valence-electron chi connectivity index (χ4n) is 13.4. The van der Waals surface area contributed by atoms with Crippen LogP contribution in [-0.4, -0.2) is 6.10 Å². The Kier molecular flexibility index (Phi) is 11.0. The highest BCUT2D eigenvalue weighted by atomic mass is 16.5. The fourth-order valence-corrected chi connectivity index (χ4v) is 13.4. The number of nitrogens with two attached hydrogens (primary N) is 2. The third-order valence-electron chi connectivity index (χ3n) is 16.1. The number of allylic oxidation sites excluding steroid dienone is 4. The maximum absolute atomic E-state index is 6.61. The molecule has 4 saturated carbocycles. The summed E-state index contributed by atoms with van der Waals surface area (Å²) in [4.78, 5) is 0. The number of rotatable bonds is 11. The third kappa shape index (κ3) is 7.47. The molecule has 56 heavy (non-hydrogen) atoms. The van der Waals surface area contributed by atoms with Gasteiger partial charge in [-0.3, -0.25) is 0 Å². The summed E-state index contributed by atoms with van der Waals surface area (Å²) in [5, 5.41) is 0. The monoisotopic (exact) mass is 753 g/mol. The predicted molar refractivity (Wildman–Crippen MR) is 234 cm³/mol. The van der Waals surface area contributed by atoms with E-state index in [-0.39, 0.29) is 11.5 Å². The van der Waals surface area contributed by atoms with Crippen molar-refractivity contribution >= 4 is 11.4 Å². The summed E-state index contributed by atoms with van der Waals surface area (Å²) in [5.74, 6) is 7.47. The molecule has 5 aliphatic rings. The van der Waals surface area contributed by atoms with Crippen LogP contribution in [0.5, 0.6) is 17.2 Å². The Labute approximate surface area is 338 Å². The largest absolute Gasteiger partial charge is 0.486 e. The molecule has 0 saturated heterocycles. The van der Waals surface area contributed by atoms with Crippen molar-refractivity contribution in [3.05, 3.63) is 114 Å². The zero-order chi connectivity index (χ0) is 39.1. The number of unbranched alkanes of at least 4 members (excludes halogenated alkanes) is 1. The van der Waals surface area contributed by atoms with Crippen LogP contribution in [-0.2, 0) is 5.41 Å². The van der Waals surface area contributed by atoms with Crippen molar-refractivity contribution in [3.8, 4) is 17.2 Å². The molecule has 4 heteroatoms. The van der Waals surface area contributed by atoms with E-state index in [1.165, 1.54) is 87.3 Å². The Hall–Kier alpha value is -3.92. The molecule has 0 aliphatic heterocycles. The smallest absolute Gasteiger partial charge is 0.129 e. The molecular weight excluding hydrogens is 685 g/mol. The van der Waals surface area contributed by atoms with Gasteiger partial charge < -0.3 is 20.9 Å². The number of hydrogen-bond donors (Lipinski definition) is 2. The lowest BCUT2D eigenvalue weighted by Crippen LogP contribution is -2.55. The standard InChI is InChI=1S/C52H68N2O2/c1-35(2)12-6-7-13-36(3)47-24-25-48-46-23-22-39-34-52(29-28-50(39,4)49(46)26-27-51(47,48)5,37-14-8-18-42(30-37)55-44-20-10-16-40(53)32-44)38-15-9-19-43(31-38)56-45-21-11-17-41(54)33-45/h8-12,14-18,20-21,30-33,36,39,43,46-49H,6-7,13,19,22-29,34,53-54H2,1-5H3. The van der Waals surface area contributed by atoms with Gasteiger partial charge in [0.2, 0.25) is 0 Å². The molecule has 3 aromatic rings. The third-order valence-corrected chi connectivity index (χ3v) is 16.1. The van der Waals surface area contributed by atoms with Gasteiger partial charge in [0.1, 0.15) is 23.4 Å². The molecule has 5 aliphatic carbocycles. The van der Waals surface area contributed by atoms with E-state index in [0.29, 0.717) is 22.4 Å². The molecule has 3 aromatic carbocycles. The highest BCUT2D eigenvalue weighted by Gasteiger charge is 2.62. The molecule has 0 spiro atoms. The first-order chi connectivity index (χ1) is 27.0. The van der Waals surface area contributed by atoms with Gasteiger partial charge >= 0.3 is 0 Å². The van der Waals surface area contributed by atoms with Crippen LogP contribution < -0.4 is 20.9 Å². The first-order valence-electron chi connectivity index (χ1n) is 22.2. The van der Waals surface area contributed by atoms with Crippen LogP contribution in [0.1, 0.15) is 124 Å². The van der Waals surface area contributed by atoms with Gasteiger partial charge in [0.05, 0.1) is 0 Å². The maximum atomic E-state index is 6.61. The first kappa shape index (κ1) is 38.9. The summed E-state index contributed by atoms with van der Waals surface area (Å²) >= 11 is 0. The molecular formula is C52H68N2O2. The van der Waals surface area contributed by atoms with Gasteiger partial charge in [-0.25, -0.2) is 0 Å². The van der Waals surface area contributed by atoms with Crippen molar-refractivity contribution in [1.29, 1.82) is 0 Å². The summed E-state index contributed by atoms with van der Waals surface area (Å²) < 4.78 is 13.1. The molecule has 4 N–H and O–H groups in total. The maximum Gasteiger partial charge on any atom is 0.129 e. The lowest BCUT2D eigenvalue weighted by atomic mass is 9.41. The van der Waals surface area contributed by atoms with E-state index in [1.807, 2.05) is 48.5 Å². The van der Waals surface area contributed by atoms with Crippen LogP contribution in [0.4, 0.5) is 11.4 Å². The summed E-state index contributed by atoms with van der Waals surface area (Å²) in [6, 6.07) is 24.6. The van der Waals surface area contributed by atoms with Gasteiger partial charge in [0.15, 0.2) is 0 Å².